The second kappa shape index (κ2) is 8.73. The number of methoxy groups -OCH3 is 1. The number of rotatable bonds is 5. The Morgan fingerprint density at radius 3 is 2.24 bits per heavy atom. The van der Waals surface area contributed by atoms with Gasteiger partial charge in [0.05, 0.1) is 12.1 Å². The maximum absolute atomic E-state index is 13.0. The Labute approximate surface area is 175 Å². The molecule has 29 heavy (non-hydrogen) atoms. The van der Waals surface area contributed by atoms with Crippen LogP contribution >= 0.6 is 11.6 Å². The first-order valence-electron chi connectivity index (χ1n) is 8.49. The lowest BCUT2D eigenvalue weighted by Gasteiger charge is -2.16. The van der Waals surface area contributed by atoms with E-state index in [0.717, 1.165) is 0 Å². The summed E-state index contributed by atoms with van der Waals surface area (Å²) in [5.74, 6) is -0.469. The third-order valence-corrected chi connectivity index (χ3v) is 5.84. The van der Waals surface area contributed by atoms with E-state index < -0.39 is 23.1 Å². The zero-order valence-corrected chi connectivity index (χ0v) is 17.4. The summed E-state index contributed by atoms with van der Waals surface area (Å²) in [5.41, 5.74) is 0. The van der Waals surface area contributed by atoms with Gasteiger partial charge >= 0.3 is 11.9 Å². The molecule has 0 aliphatic heterocycles. The van der Waals surface area contributed by atoms with Crippen molar-refractivity contribution in [1.29, 1.82) is 0 Å². The quantitative estimate of drug-likeness (QED) is 0.335. The van der Waals surface area contributed by atoms with Gasteiger partial charge in [0, 0.05) is 47.9 Å². The normalized spacial score (nSPS) is 11.8. The standard InChI is InChI=1S/C21H17ClO6S/c1-12(23)27-18-11-19(26-3)21(28-13(2)24)15-9-8-14(10-16(15)18)29(25)20-7-5-4-6-17(20)22/h4-11H,1-3H3. The molecule has 6 nitrogen and oxygen atoms in total. The Bertz CT molecular complexity index is 1100. The van der Waals surface area contributed by atoms with Gasteiger partial charge in [-0.1, -0.05) is 23.7 Å². The lowest BCUT2D eigenvalue weighted by atomic mass is 10.1. The van der Waals surface area contributed by atoms with Crippen LogP contribution in [0.1, 0.15) is 13.8 Å². The number of carbonyl (C=O) groups is 2. The molecule has 0 aromatic heterocycles. The summed E-state index contributed by atoms with van der Waals surface area (Å²) in [6.07, 6.45) is 0. The van der Waals surface area contributed by atoms with Crippen molar-refractivity contribution in [2.24, 2.45) is 0 Å². The monoisotopic (exact) mass is 432 g/mol. The van der Waals surface area contributed by atoms with Crippen LogP contribution in [0.3, 0.4) is 0 Å². The summed E-state index contributed by atoms with van der Waals surface area (Å²) >= 11 is 4.60. The maximum atomic E-state index is 13.0. The molecule has 0 aliphatic rings. The Hall–Kier alpha value is -2.74. The molecule has 3 rings (SSSR count). The molecule has 150 valence electrons. The predicted octanol–water partition coefficient (Wildman–Crippen LogP) is 4.52. The van der Waals surface area contributed by atoms with Crippen LogP contribution < -0.4 is 14.2 Å². The molecule has 0 fully saturated rings. The van der Waals surface area contributed by atoms with E-state index in [-0.39, 0.29) is 17.2 Å². The molecule has 8 heteroatoms. The first-order valence-corrected chi connectivity index (χ1v) is 10.0. The molecule has 0 spiro atoms. The SMILES string of the molecule is COc1cc(OC(C)=O)c2cc([S+]([O-])c3ccccc3Cl)ccc2c1OC(C)=O. The summed E-state index contributed by atoms with van der Waals surface area (Å²) in [5, 5.41) is 1.28. The highest BCUT2D eigenvalue weighted by Crippen LogP contribution is 2.43. The fraction of sp³-hybridized carbons (Fsp3) is 0.143. The topological polar surface area (TPSA) is 84.9 Å². The minimum absolute atomic E-state index is 0.181. The zero-order chi connectivity index (χ0) is 21.1. The van der Waals surface area contributed by atoms with E-state index >= 15 is 0 Å². The molecule has 1 unspecified atom stereocenters. The van der Waals surface area contributed by atoms with Crippen molar-refractivity contribution in [2.75, 3.05) is 7.11 Å². The predicted molar refractivity (Wildman–Crippen MR) is 109 cm³/mol. The minimum Gasteiger partial charge on any atom is -0.606 e. The molecule has 3 aromatic rings. The third-order valence-electron chi connectivity index (χ3n) is 3.96. The summed E-state index contributed by atoms with van der Waals surface area (Å²) in [6, 6.07) is 13.1. The van der Waals surface area contributed by atoms with Crippen LogP contribution in [0.15, 0.2) is 58.3 Å². The highest BCUT2D eigenvalue weighted by atomic mass is 35.5. The number of hydrogen-bond acceptors (Lipinski definition) is 6. The zero-order valence-electron chi connectivity index (χ0n) is 15.9. The van der Waals surface area contributed by atoms with Gasteiger partial charge in [0.25, 0.3) is 0 Å². The molecule has 0 aliphatic carbocycles. The Balaban J connectivity index is 2.23. The smallest absolute Gasteiger partial charge is 0.308 e. The lowest BCUT2D eigenvalue weighted by molar-refractivity contribution is -0.133. The van der Waals surface area contributed by atoms with Gasteiger partial charge in [-0.15, -0.1) is 0 Å². The van der Waals surface area contributed by atoms with Crippen LogP contribution in [0, 0.1) is 0 Å². The molecule has 0 heterocycles. The van der Waals surface area contributed by atoms with Crippen LogP contribution in [0.2, 0.25) is 5.02 Å². The van der Waals surface area contributed by atoms with E-state index in [1.165, 1.54) is 27.0 Å². The number of fused-ring (bicyclic) bond motifs is 1. The third kappa shape index (κ3) is 4.48. The highest BCUT2D eigenvalue weighted by Gasteiger charge is 2.23. The molecule has 0 amide bonds. The number of hydrogen-bond donors (Lipinski definition) is 0. The number of esters is 2. The molecule has 0 N–H and O–H groups in total. The fourth-order valence-electron chi connectivity index (χ4n) is 2.80. The van der Waals surface area contributed by atoms with Gasteiger partial charge < -0.3 is 18.8 Å². The van der Waals surface area contributed by atoms with Gasteiger partial charge in [0.15, 0.2) is 21.3 Å². The van der Waals surface area contributed by atoms with Gasteiger partial charge in [-0.25, -0.2) is 0 Å². The van der Waals surface area contributed by atoms with Gasteiger partial charge in [0.2, 0.25) is 0 Å². The summed E-state index contributed by atoms with van der Waals surface area (Å²) < 4.78 is 29.0. The van der Waals surface area contributed by atoms with E-state index in [1.807, 2.05) is 0 Å². The van der Waals surface area contributed by atoms with E-state index in [0.29, 0.717) is 25.6 Å². The van der Waals surface area contributed by atoms with Crippen molar-refractivity contribution >= 4 is 45.5 Å². The highest BCUT2D eigenvalue weighted by molar-refractivity contribution is 7.91. The summed E-state index contributed by atoms with van der Waals surface area (Å²) in [4.78, 5) is 24.0. The average molecular weight is 433 g/mol. The van der Waals surface area contributed by atoms with Crippen molar-refractivity contribution in [3.63, 3.8) is 0 Å². The second-order valence-corrected chi connectivity index (χ2v) is 7.86. The Kier molecular flexibility index (Phi) is 6.32. The number of benzene rings is 3. The van der Waals surface area contributed by atoms with Crippen LogP contribution in [-0.2, 0) is 20.8 Å². The average Bonchev–Trinajstić information content (AvgIpc) is 2.68. The van der Waals surface area contributed by atoms with E-state index in [2.05, 4.69) is 0 Å². The molecule has 0 radical (unpaired) electrons. The first-order chi connectivity index (χ1) is 13.8. The van der Waals surface area contributed by atoms with Crippen molar-refractivity contribution < 1.29 is 28.4 Å². The number of halogens is 1. The lowest BCUT2D eigenvalue weighted by Crippen LogP contribution is -2.07. The second-order valence-electron chi connectivity index (χ2n) is 6.00. The van der Waals surface area contributed by atoms with Gasteiger partial charge in [-0.05, 0) is 24.3 Å². The molecule has 3 aromatic carbocycles. The van der Waals surface area contributed by atoms with Gasteiger partial charge in [-0.2, -0.15) is 0 Å². The molecule has 0 saturated carbocycles. The minimum atomic E-state index is -1.57. The van der Waals surface area contributed by atoms with Crippen LogP contribution in [-0.4, -0.2) is 23.6 Å². The fourth-order valence-corrected chi connectivity index (χ4v) is 4.26. The van der Waals surface area contributed by atoms with Crippen molar-refractivity contribution in [1.82, 2.24) is 0 Å². The Morgan fingerprint density at radius 2 is 1.62 bits per heavy atom. The van der Waals surface area contributed by atoms with E-state index in [9.17, 15) is 14.1 Å². The number of carbonyl (C=O) groups excluding carboxylic acids is 2. The molecule has 0 bridgehead atoms. The van der Waals surface area contributed by atoms with Gasteiger partial charge in [0.1, 0.15) is 5.75 Å². The molecular formula is C21H17ClO6S. The summed E-state index contributed by atoms with van der Waals surface area (Å²) in [6.45, 7) is 2.54. The van der Waals surface area contributed by atoms with Crippen LogP contribution in [0.25, 0.3) is 10.8 Å². The van der Waals surface area contributed by atoms with Crippen molar-refractivity contribution in [2.45, 2.75) is 23.6 Å². The van der Waals surface area contributed by atoms with Crippen molar-refractivity contribution in [3.8, 4) is 17.2 Å². The van der Waals surface area contributed by atoms with Crippen molar-refractivity contribution in [3.05, 3.63) is 53.6 Å². The number of ether oxygens (including phenoxy) is 3. The summed E-state index contributed by atoms with van der Waals surface area (Å²) in [7, 11) is 1.41. The van der Waals surface area contributed by atoms with E-state index in [1.54, 1.807) is 42.5 Å². The molecule has 1 atom stereocenters. The molecular weight excluding hydrogens is 416 g/mol. The van der Waals surface area contributed by atoms with Crippen LogP contribution in [0.4, 0.5) is 0 Å². The van der Waals surface area contributed by atoms with Gasteiger partial charge in [-0.3, -0.25) is 9.59 Å². The van der Waals surface area contributed by atoms with E-state index in [4.69, 9.17) is 25.8 Å². The largest absolute Gasteiger partial charge is 0.606 e. The maximum Gasteiger partial charge on any atom is 0.308 e. The molecule has 0 saturated heterocycles. The van der Waals surface area contributed by atoms with Crippen LogP contribution in [0.5, 0.6) is 17.2 Å². The first kappa shape index (κ1) is 21.0. The Morgan fingerprint density at radius 1 is 0.931 bits per heavy atom.